The van der Waals surface area contributed by atoms with Crippen LogP contribution in [0.15, 0.2) is 35.4 Å². The molecule has 5 heteroatoms. The van der Waals surface area contributed by atoms with Crippen LogP contribution < -0.4 is 16.9 Å². The molecule has 0 radical (unpaired) electrons. The quantitative estimate of drug-likeness (QED) is 0.285. The molecule has 0 spiro atoms. The number of hydrogen-bond acceptors (Lipinski definition) is 2. The summed E-state index contributed by atoms with van der Waals surface area (Å²) >= 11 is 0. The van der Waals surface area contributed by atoms with Gasteiger partial charge in [-0.05, 0) is 0 Å². The predicted octanol–water partition coefficient (Wildman–Crippen LogP) is -0.210. The van der Waals surface area contributed by atoms with Gasteiger partial charge in [0.05, 0.1) is 0 Å². The maximum Gasteiger partial charge on any atom is 0.206 e. The maximum atomic E-state index is 6.85. The fourth-order valence-electron chi connectivity index (χ4n) is 0.794. The molecule has 0 amide bonds. The van der Waals surface area contributed by atoms with Crippen LogP contribution >= 0.6 is 0 Å². The molecule has 0 fully saturated rings. The third-order valence-electron chi connectivity index (χ3n) is 1.37. The summed E-state index contributed by atoms with van der Waals surface area (Å²) in [5.74, 6) is 0.0645. The van der Waals surface area contributed by atoms with Crippen molar-refractivity contribution in [1.82, 2.24) is 5.43 Å². The lowest BCUT2D eigenvalue weighted by molar-refractivity contribution is 0.989. The lowest BCUT2D eigenvalue weighted by atomic mass is 10.2. The molecule has 0 aliphatic carbocycles. The lowest BCUT2D eigenvalue weighted by Crippen LogP contribution is -2.29. The van der Waals surface area contributed by atoms with Gasteiger partial charge >= 0.3 is 0 Å². The Morgan fingerprint density at radius 2 is 1.85 bits per heavy atom. The van der Waals surface area contributed by atoms with Crippen LogP contribution in [0.5, 0.6) is 0 Å². The Bertz CT molecular complexity index is 317. The van der Waals surface area contributed by atoms with E-state index in [0.717, 1.165) is 5.56 Å². The molecule has 0 saturated carbocycles. The largest absolute Gasteiger partial charge is 0.382 e. The molecule has 5 nitrogen and oxygen atoms in total. The summed E-state index contributed by atoms with van der Waals surface area (Å²) in [5.41, 5.74) is 13.7. The smallest absolute Gasteiger partial charge is 0.206 e. The molecular formula is C8H11N5. The molecule has 6 N–H and O–H groups in total. The predicted molar refractivity (Wildman–Crippen MR) is 52.2 cm³/mol. The first kappa shape index (κ1) is 9.05. The zero-order valence-electron chi connectivity index (χ0n) is 6.99. The van der Waals surface area contributed by atoms with Crippen molar-refractivity contribution in [2.24, 2.45) is 16.6 Å². The Labute approximate surface area is 75.9 Å². The average Bonchev–Trinajstić information content (AvgIpc) is 2.15. The standard InChI is InChI=1S/C8H11N5/c9-7(12-13-8(10)11)6-4-2-1-3-5-6/h1-5H,(H2,9,12)(H4,10,11,13). The molecule has 0 heterocycles. The normalized spacial score (nSPS) is 10.9. The van der Waals surface area contributed by atoms with Gasteiger partial charge in [-0.25, -0.2) is 5.43 Å². The number of guanidine groups is 1. The third-order valence-corrected chi connectivity index (χ3v) is 1.37. The number of nitrogens with one attached hydrogen (secondary N) is 2. The first-order chi connectivity index (χ1) is 6.20. The summed E-state index contributed by atoms with van der Waals surface area (Å²) in [4.78, 5) is 0. The molecule has 0 aromatic heterocycles. The number of benzene rings is 1. The van der Waals surface area contributed by atoms with E-state index in [0.29, 0.717) is 5.84 Å². The van der Waals surface area contributed by atoms with Gasteiger partial charge < -0.3 is 11.5 Å². The zero-order chi connectivity index (χ0) is 9.68. The summed E-state index contributed by atoms with van der Waals surface area (Å²) < 4.78 is 0. The van der Waals surface area contributed by atoms with Gasteiger partial charge in [0.25, 0.3) is 0 Å². The van der Waals surface area contributed by atoms with Crippen molar-refractivity contribution in [3.05, 3.63) is 35.9 Å². The van der Waals surface area contributed by atoms with Gasteiger partial charge in [0.2, 0.25) is 5.96 Å². The molecule has 0 atom stereocenters. The summed E-state index contributed by atoms with van der Waals surface area (Å²) in [6.45, 7) is 0. The minimum Gasteiger partial charge on any atom is -0.382 e. The summed E-state index contributed by atoms with van der Waals surface area (Å²) in [7, 11) is 0. The lowest BCUT2D eigenvalue weighted by Gasteiger charge is -2.00. The minimum absolute atomic E-state index is 0.237. The highest BCUT2D eigenvalue weighted by Crippen LogP contribution is 1.96. The van der Waals surface area contributed by atoms with E-state index in [2.05, 4.69) is 10.5 Å². The van der Waals surface area contributed by atoms with Crippen molar-refractivity contribution in [2.75, 3.05) is 0 Å². The molecule has 0 aliphatic rings. The van der Waals surface area contributed by atoms with Gasteiger partial charge in [-0.1, -0.05) is 30.3 Å². The summed E-state index contributed by atoms with van der Waals surface area (Å²) in [5, 5.41) is 10.5. The SMILES string of the molecule is N=C(N)NN=C(N)c1ccccc1. The number of rotatable bonds is 2. The monoisotopic (exact) mass is 177 g/mol. The Morgan fingerprint density at radius 3 is 2.38 bits per heavy atom. The molecular weight excluding hydrogens is 166 g/mol. The van der Waals surface area contributed by atoms with Gasteiger partial charge in [-0.2, -0.15) is 5.10 Å². The molecule has 0 bridgehead atoms. The van der Waals surface area contributed by atoms with Crippen LogP contribution in [0.3, 0.4) is 0 Å². The molecule has 0 aliphatic heterocycles. The van der Waals surface area contributed by atoms with Crippen molar-refractivity contribution in [2.45, 2.75) is 0 Å². The third kappa shape index (κ3) is 2.82. The van der Waals surface area contributed by atoms with E-state index in [1.165, 1.54) is 0 Å². The van der Waals surface area contributed by atoms with Gasteiger partial charge in [-0.15, -0.1) is 0 Å². The fourth-order valence-corrected chi connectivity index (χ4v) is 0.794. The molecule has 1 aromatic rings. The highest BCUT2D eigenvalue weighted by molar-refractivity contribution is 5.97. The number of hydrogen-bond donors (Lipinski definition) is 4. The Morgan fingerprint density at radius 1 is 1.23 bits per heavy atom. The van der Waals surface area contributed by atoms with Crippen molar-refractivity contribution in [3.63, 3.8) is 0 Å². The van der Waals surface area contributed by atoms with E-state index in [-0.39, 0.29) is 5.96 Å². The molecule has 1 aromatic carbocycles. The van der Waals surface area contributed by atoms with Crippen LogP contribution in [0.2, 0.25) is 0 Å². The van der Waals surface area contributed by atoms with E-state index >= 15 is 0 Å². The van der Waals surface area contributed by atoms with E-state index in [1.807, 2.05) is 30.3 Å². The van der Waals surface area contributed by atoms with Crippen LogP contribution in [-0.2, 0) is 0 Å². The molecule has 0 unspecified atom stereocenters. The Balaban J connectivity index is 2.73. The average molecular weight is 177 g/mol. The number of nitrogens with zero attached hydrogens (tertiary/aromatic N) is 1. The fraction of sp³-hybridized carbons (Fsp3) is 0. The van der Waals surface area contributed by atoms with Crippen LogP contribution in [-0.4, -0.2) is 11.8 Å². The molecule has 68 valence electrons. The molecule has 1 rings (SSSR count). The van der Waals surface area contributed by atoms with Crippen molar-refractivity contribution in [3.8, 4) is 0 Å². The zero-order valence-corrected chi connectivity index (χ0v) is 6.99. The Hall–Kier alpha value is -2.04. The first-order valence-corrected chi connectivity index (χ1v) is 3.69. The van der Waals surface area contributed by atoms with Crippen molar-refractivity contribution in [1.29, 1.82) is 5.41 Å². The summed E-state index contributed by atoms with van der Waals surface area (Å²) in [6, 6.07) is 9.23. The topological polar surface area (TPSA) is 100 Å². The van der Waals surface area contributed by atoms with Crippen LogP contribution in [0, 0.1) is 5.41 Å². The van der Waals surface area contributed by atoms with E-state index in [9.17, 15) is 0 Å². The van der Waals surface area contributed by atoms with E-state index < -0.39 is 0 Å². The van der Waals surface area contributed by atoms with Crippen LogP contribution in [0.1, 0.15) is 5.56 Å². The highest BCUT2D eigenvalue weighted by atomic mass is 15.4. The first-order valence-electron chi connectivity index (χ1n) is 3.69. The number of amidine groups is 1. The molecule has 0 saturated heterocycles. The number of hydrazone groups is 1. The Kier molecular flexibility index (Phi) is 2.86. The van der Waals surface area contributed by atoms with Gasteiger partial charge in [0.1, 0.15) is 0 Å². The second kappa shape index (κ2) is 4.10. The second-order valence-corrected chi connectivity index (χ2v) is 2.39. The van der Waals surface area contributed by atoms with Crippen LogP contribution in [0.4, 0.5) is 0 Å². The van der Waals surface area contributed by atoms with E-state index in [4.69, 9.17) is 16.9 Å². The van der Waals surface area contributed by atoms with Crippen LogP contribution in [0.25, 0.3) is 0 Å². The van der Waals surface area contributed by atoms with Gasteiger partial charge in [0.15, 0.2) is 5.84 Å². The summed E-state index contributed by atoms with van der Waals surface area (Å²) in [6.07, 6.45) is 0. The minimum atomic E-state index is -0.237. The number of nitrogens with two attached hydrogens (primary N) is 2. The maximum absolute atomic E-state index is 6.85. The van der Waals surface area contributed by atoms with Crippen molar-refractivity contribution < 1.29 is 0 Å². The van der Waals surface area contributed by atoms with Gasteiger partial charge in [-0.3, -0.25) is 5.41 Å². The molecule has 13 heavy (non-hydrogen) atoms. The van der Waals surface area contributed by atoms with E-state index in [1.54, 1.807) is 0 Å². The van der Waals surface area contributed by atoms with Crippen molar-refractivity contribution >= 4 is 11.8 Å². The van der Waals surface area contributed by atoms with Gasteiger partial charge in [0, 0.05) is 5.56 Å². The highest BCUT2D eigenvalue weighted by Gasteiger charge is 1.95. The second-order valence-electron chi connectivity index (χ2n) is 2.39.